The average molecular weight is 361 g/mol. The molecule has 26 heavy (non-hydrogen) atoms. The number of aliphatic imine (C=N–C) groups is 1. The van der Waals surface area contributed by atoms with Crippen LogP contribution in [-0.2, 0) is 0 Å². The van der Waals surface area contributed by atoms with E-state index in [2.05, 4.69) is 74.2 Å². The molecule has 0 spiro atoms. The molecule has 146 valence electrons. The van der Waals surface area contributed by atoms with E-state index in [4.69, 9.17) is 9.73 Å². The van der Waals surface area contributed by atoms with Gasteiger partial charge in [-0.1, -0.05) is 26.0 Å². The van der Waals surface area contributed by atoms with Gasteiger partial charge in [0.1, 0.15) is 5.75 Å². The Labute approximate surface area is 159 Å². The molecule has 1 atom stereocenters. The number of guanidine groups is 1. The van der Waals surface area contributed by atoms with Crippen molar-refractivity contribution >= 4 is 5.96 Å². The SMILES string of the molecule is CCNC(=NCC(C)(C)CN(C)C)N1CCC(c2ccc(OC)cc2)C1. The number of hydrogen-bond acceptors (Lipinski definition) is 3. The van der Waals surface area contributed by atoms with Crippen LogP contribution in [0.2, 0.25) is 0 Å². The molecule has 1 aliphatic rings. The van der Waals surface area contributed by atoms with Crippen LogP contribution in [0.1, 0.15) is 38.7 Å². The van der Waals surface area contributed by atoms with E-state index < -0.39 is 0 Å². The summed E-state index contributed by atoms with van der Waals surface area (Å²) in [6.07, 6.45) is 1.16. The maximum absolute atomic E-state index is 5.27. The van der Waals surface area contributed by atoms with Gasteiger partial charge < -0.3 is 19.9 Å². The van der Waals surface area contributed by atoms with Crippen LogP contribution < -0.4 is 10.1 Å². The Morgan fingerprint density at radius 2 is 2.00 bits per heavy atom. The van der Waals surface area contributed by atoms with Gasteiger partial charge in [-0.2, -0.15) is 0 Å². The van der Waals surface area contributed by atoms with Gasteiger partial charge in [0, 0.05) is 38.6 Å². The van der Waals surface area contributed by atoms with E-state index in [9.17, 15) is 0 Å². The maximum atomic E-state index is 5.27. The highest BCUT2D eigenvalue weighted by Gasteiger charge is 2.27. The van der Waals surface area contributed by atoms with E-state index in [1.165, 1.54) is 5.56 Å². The molecular weight excluding hydrogens is 324 g/mol. The molecule has 0 bridgehead atoms. The molecule has 0 saturated carbocycles. The van der Waals surface area contributed by atoms with Crippen molar-refractivity contribution in [2.24, 2.45) is 10.4 Å². The fraction of sp³-hybridized carbons (Fsp3) is 0.667. The normalized spacial score (nSPS) is 18.5. The summed E-state index contributed by atoms with van der Waals surface area (Å²) in [5.74, 6) is 2.52. The van der Waals surface area contributed by atoms with Crippen molar-refractivity contribution in [1.29, 1.82) is 0 Å². The zero-order valence-electron chi connectivity index (χ0n) is 17.4. The predicted octanol–water partition coefficient (Wildman–Crippen LogP) is 3.04. The molecule has 5 nitrogen and oxygen atoms in total. The van der Waals surface area contributed by atoms with E-state index in [1.807, 2.05) is 0 Å². The second kappa shape index (κ2) is 9.26. The zero-order valence-corrected chi connectivity index (χ0v) is 17.4. The number of rotatable bonds is 7. The Kier molecular flexibility index (Phi) is 7.33. The monoisotopic (exact) mass is 360 g/mol. The highest BCUT2D eigenvalue weighted by molar-refractivity contribution is 5.80. The van der Waals surface area contributed by atoms with Gasteiger partial charge in [0.25, 0.3) is 0 Å². The highest BCUT2D eigenvalue weighted by Crippen LogP contribution is 2.28. The zero-order chi connectivity index (χ0) is 19.2. The lowest BCUT2D eigenvalue weighted by Crippen LogP contribution is -2.41. The second-order valence-corrected chi connectivity index (χ2v) is 8.28. The number of nitrogens with one attached hydrogen (secondary N) is 1. The molecular formula is C21H36N4O. The van der Waals surface area contributed by atoms with Gasteiger partial charge in [0.2, 0.25) is 0 Å². The fourth-order valence-corrected chi connectivity index (χ4v) is 3.72. The minimum atomic E-state index is 0.166. The standard InChI is InChI=1S/C21H36N4O/c1-7-22-20(23-15-21(2,3)16-24(4)5)25-13-12-18(14-25)17-8-10-19(26-6)11-9-17/h8-11,18H,7,12-16H2,1-6H3,(H,22,23). The molecule has 1 fully saturated rings. The lowest BCUT2D eigenvalue weighted by atomic mass is 9.93. The second-order valence-electron chi connectivity index (χ2n) is 8.28. The number of likely N-dealkylation sites (tertiary alicyclic amines) is 1. The first kappa shape index (κ1) is 20.6. The molecule has 0 aromatic heterocycles. The van der Waals surface area contributed by atoms with E-state index in [0.29, 0.717) is 5.92 Å². The lowest BCUT2D eigenvalue weighted by Gasteiger charge is -2.28. The minimum Gasteiger partial charge on any atom is -0.497 e. The summed E-state index contributed by atoms with van der Waals surface area (Å²) in [7, 11) is 5.95. The van der Waals surface area contributed by atoms with Crippen molar-refractivity contribution in [2.45, 2.75) is 33.1 Å². The van der Waals surface area contributed by atoms with Crippen LogP contribution in [0.4, 0.5) is 0 Å². The summed E-state index contributed by atoms with van der Waals surface area (Å²) < 4.78 is 5.27. The first-order valence-corrected chi connectivity index (χ1v) is 9.66. The van der Waals surface area contributed by atoms with Gasteiger partial charge in [-0.3, -0.25) is 4.99 Å². The number of hydrogen-bond donors (Lipinski definition) is 1. The summed E-state index contributed by atoms with van der Waals surface area (Å²) in [6, 6.07) is 8.50. The van der Waals surface area contributed by atoms with Gasteiger partial charge in [-0.05, 0) is 50.6 Å². The molecule has 1 N–H and O–H groups in total. The van der Waals surface area contributed by atoms with Crippen molar-refractivity contribution in [2.75, 3.05) is 53.9 Å². The van der Waals surface area contributed by atoms with Gasteiger partial charge in [0.05, 0.1) is 7.11 Å². The third kappa shape index (κ3) is 5.90. The Bertz CT molecular complexity index is 580. The Morgan fingerprint density at radius 3 is 2.58 bits per heavy atom. The highest BCUT2D eigenvalue weighted by atomic mass is 16.5. The third-order valence-corrected chi connectivity index (χ3v) is 4.81. The summed E-state index contributed by atoms with van der Waals surface area (Å²) in [5.41, 5.74) is 1.55. The minimum absolute atomic E-state index is 0.166. The van der Waals surface area contributed by atoms with Crippen molar-refractivity contribution < 1.29 is 4.74 Å². The summed E-state index contributed by atoms with van der Waals surface area (Å²) in [4.78, 5) is 9.60. The lowest BCUT2D eigenvalue weighted by molar-refractivity contribution is 0.248. The number of benzene rings is 1. The van der Waals surface area contributed by atoms with Crippen LogP contribution in [-0.4, -0.2) is 69.7 Å². The largest absolute Gasteiger partial charge is 0.497 e. The van der Waals surface area contributed by atoms with Crippen molar-refractivity contribution in [3.05, 3.63) is 29.8 Å². The van der Waals surface area contributed by atoms with Crippen molar-refractivity contribution in [3.8, 4) is 5.75 Å². The summed E-state index contributed by atoms with van der Waals surface area (Å²) in [5, 5.41) is 3.48. The molecule has 1 aromatic carbocycles. The molecule has 1 aromatic rings. The van der Waals surface area contributed by atoms with Gasteiger partial charge >= 0.3 is 0 Å². The van der Waals surface area contributed by atoms with Crippen LogP contribution in [0.3, 0.4) is 0 Å². The topological polar surface area (TPSA) is 40.1 Å². The molecule has 0 radical (unpaired) electrons. The van der Waals surface area contributed by atoms with E-state index in [-0.39, 0.29) is 5.41 Å². The summed E-state index contributed by atoms with van der Waals surface area (Å²) >= 11 is 0. The van der Waals surface area contributed by atoms with Gasteiger partial charge in [-0.25, -0.2) is 0 Å². The smallest absolute Gasteiger partial charge is 0.193 e. The molecule has 0 amide bonds. The molecule has 1 heterocycles. The third-order valence-electron chi connectivity index (χ3n) is 4.81. The number of ether oxygens (including phenoxy) is 1. The number of methoxy groups -OCH3 is 1. The van der Waals surface area contributed by atoms with Crippen molar-refractivity contribution in [3.63, 3.8) is 0 Å². The molecule has 0 aliphatic carbocycles. The quantitative estimate of drug-likeness (QED) is 0.599. The fourth-order valence-electron chi connectivity index (χ4n) is 3.72. The van der Waals surface area contributed by atoms with Gasteiger partial charge in [0.15, 0.2) is 5.96 Å². The van der Waals surface area contributed by atoms with Crippen LogP contribution in [0.5, 0.6) is 5.75 Å². The van der Waals surface area contributed by atoms with E-state index in [0.717, 1.165) is 50.9 Å². The first-order valence-electron chi connectivity index (χ1n) is 9.66. The first-order chi connectivity index (χ1) is 12.3. The molecule has 2 rings (SSSR count). The summed E-state index contributed by atoms with van der Waals surface area (Å²) in [6.45, 7) is 11.5. The van der Waals surface area contributed by atoms with Crippen molar-refractivity contribution in [1.82, 2.24) is 15.1 Å². The number of nitrogens with zero attached hydrogens (tertiary/aromatic N) is 3. The Hall–Kier alpha value is -1.75. The maximum Gasteiger partial charge on any atom is 0.193 e. The van der Waals surface area contributed by atoms with Crippen LogP contribution in [0.15, 0.2) is 29.3 Å². The predicted molar refractivity (Wildman–Crippen MR) is 110 cm³/mol. The Balaban J connectivity index is 2.02. The van der Waals surface area contributed by atoms with Crippen LogP contribution in [0, 0.1) is 5.41 Å². The molecule has 1 aliphatic heterocycles. The molecule has 1 saturated heterocycles. The van der Waals surface area contributed by atoms with E-state index in [1.54, 1.807) is 7.11 Å². The van der Waals surface area contributed by atoms with E-state index >= 15 is 0 Å². The molecule has 1 unspecified atom stereocenters. The Morgan fingerprint density at radius 1 is 1.31 bits per heavy atom. The van der Waals surface area contributed by atoms with Gasteiger partial charge in [-0.15, -0.1) is 0 Å². The van der Waals surface area contributed by atoms with Crippen LogP contribution in [0.25, 0.3) is 0 Å². The average Bonchev–Trinajstić information content (AvgIpc) is 3.07. The van der Waals surface area contributed by atoms with Crippen LogP contribution >= 0.6 is 0 Å². The molecule has 5 heteroatoms.